The Morgan fingerprint density at radius 3 is 2.60 bits per heavy atom. The van der Waals surface area contributed by atoms with Crippen LogP contribution in [0, 0.1) is 0 Å². The maximum Gasteiger partial charge on any atom is 0.225 e. The van der Waals surface area contributed by atoms with E-state index in [-0.39, 0.29) is 5.41 Å². The van der Waals surface area contributed by atoms with Gasteiger partial charge in [-0.05, 0) is 6.07 Å². The zero-order valence-corrected chi connectivity index (χ0v) is 13.3. The molecule has 20 heavy (non-hydrogen) atoms. The molecule has 0 aliphatic heterocycles. The molecule has 2 rings (SSSR count). The lowest BCUT2D eigenvalue weighted by atomic mass is 9.98. The highest BCUT2D eigenvalue weighted by atomic mass is 32.1. The summed E-state index contributed by atoms with van der Waals surface area (Å²) in [6.07, 6.45) is 1.76. The Morgan fingerprint density at radius 1 is 1.25 bits per heavy atom. The maximum atomic E-state index is 4.45. The van der Waals surface area contributed by atoms with Crippen LogP contribution in [0.1, 0.15) is 31.5 Å². The SMILES string of the molecule is CN(C)c1nccc(CNc2nnc(C(C)(C)C)s2)n1. The lowest BCUT2D eigenvalue weighted by molar-refractivity contribution is 0.578. The molecule has 0 fully saturated rings. The zero-order valence-electron chi connectivity index (χ0n) is 12.5. The summed E-state index contributed by atoms with van der Waals surface area (Å²) in [5, 5.41) is 13.5. The van der Waals surface area contributed by atoms with Gasteiger partial charge in [0.1, 0.15) is 5.01 Å². The van der Waals surface area contributed by atoms with Gasteiger partial charge in [0.2, 0.25) is 11.1 Å². The number of rotatable bonds is 4. The second kappa shape index (κ2) is 5.70. The first-order valence-corrected chi connectivity index (χ1v) is 7.25. The fourth-order valence-corrected chi connectivity index (χ4v) is 2.26. The van der Waals surface area contributed by atoms with E-state index in [0.717, 1.165) is 15.8 Å². The molecule has 2 aromatic rings. The van der Waals surface area contributed by atoms with Crippen LogP contribution >= 0.6 is 11.3 Å². The van der Waals surface area contributed by atoms with Gasteiger partial charge in [-0.15, -0.1) is 10.2 Å². The monoisotopic (exact) mass is 292 g/mol. The van der Waals surface area contributed by atoms with E-state index in [1.54, 1.807) is 17.5 Å². The first-order valence-electron chi connectivity index (χ1n) is 6.43. The maximum absolute atomic E-state index is 4.45. The van der Waals surface area contributed by atoms with Gasteiger partial charge in [-0.1, -0.05) is 32.1 Å². The van der Waals surface area contributed by atoms with Gasteiger partial charge >= 0.3 is 0 Å². The Morgan fingerprint density at radius 2 is 2.00 bits per heavy atom. The van der Waals surface area contributed by atoms with Crippen molar-refractivity contribution in [1.82, 2.24) is 20.2 Å². The number of hydrogen-bond donors (Lipinski definition) is 1. The van der Waals surface area contributed by atoms with E-state index in [1.807, 2.05) is 25.1 Å². The summed E-state index contributed by atoms with van der Waals surface area (Å²) in [5.74, 6) is 0.706. The van der Waals surface area contributed by atoms with Crippen molar-refractivity contribution < 1.29 is 0 Å². The van der Waals surface area contributed by atoms with Crippen molar-refractivity contribution in [3.05, 3.63) is 23.0 Å². The van der Waals surface area contributed by atoms with Crippen molar-refractivity contribution in [3.8, 4) is 0 Å². The Balaban J connectivity index is 2.02. The van der Waals surface area contributed by atoms with E-state index in [0.29, 0.717) is 12.5 Å². The van der Waals surface area contributed by atoms with Crippen LogP contribution < -0.4 is 10.2 Å². The molecule has 0 unspecified atom stereocenters. The lowest BCUT2D eigenvalue weighted by Crippen LogP contribution is -2.14. The Labute approximate surface area is 123 Å². The summed E-state index contributed by atoms with van der Waals surface area (Å²) in [6.45, 7) is 7.00. The van der Waals surface area contributed by atoms with Gasteiger partial charge in [-0.2, -0.15) is 0 Å². The first-order chi connectivity index (χ1) is 9.36. The van der Waals surface area contributed by atoms with Crippen LogP contribution in [0.25, 0.3) is 0 Å². The average Bonchev–Trinajstić information content (AvgIpc) is 2.85. The highest BCUT2D eigenvalue weighted by molar-refractivity contribution is 7.15. The number of aromatic nitrogens is 4. The van der Waals surface area contributed by atoms with Crippen LogP contribution in [-0.2, 0) is 12.0 Å². The van der Waals surface area contributed by atoms with E-state index in [2.05, 4.69) is 46.3 Å². The molecule has 0 spiro atoms. The van der Waals surface area contributed by atoms with E-state index in [4.69, 9.17) is 0 Å². The van der Waals surface area contributed by atoms with E-state index >= 15 is 0 Å². The molecule has 108 valence electrons. The van der Waals surface area contributed by atoms with Crippen molar-refractivity contribution in [2.45, 2.75) is 32.7 Å². The van der Waals surface area contributed by atoms with Crippen molar-refractivity contribution in [3.63, 3.8) is 0 Å². The molecule has 0 saturated carbocycles. The number of hydrogen-bond acceptors (Lipinski definition) is 7. The van der Waals surface area contributed by atoms with Gasteiger partial charge < -0.3 is 10.2 Å². The van der Waals surface area contributed by atoms with Gasteiger partial charge in [-0.3, -0.25) is 0 Å². The fraction of sp³-hybridized carbons (Fsp3) is 0.538. The minimum absolute atomic E-state index is 0.0323. The molecule has 0 atom stereocenters. The topological polar surface area (TPSA) is 66.8 Å². The standard InChI is InChI=1S/C13H20N6S/c1-13(2,3)10-17-18-12(20-10)15-8-9-6-7-14-11(16-9)19(4)5/h6-7H,8H2,1-5H3,(H,15,18). The van der Waals surface area contributed by atoms with Crippen LogP contribution in [0.2, 0.25) is 0 Å². The predicted molar refractivity (Wildman–Crippen MR) is 82.3 cm³/mol. The lowest BCUT2D eigenvalue weighted by Gasteiger charge is -2.12. The van der Waals surface area contributed by atoms with Crippen LogP contribution in [0.5, 0.6) is 0 Å². The van der Waals surface area contributed by atoms with Crippen molar-refractivity contribution in [2.75, 3.05) is 24.3 Å². The molecule has 2 heterocycles. The second-order valence-corrected chi connectivity index (χ2v) is 6.74. The summed E-state index contributed by atoms with van der Waals surface area (Å²) in [5.41, 5.74) is 0.959. The van der Waals surface area contributed by atoms with Gasteiger partial charge in [0, 0.05) is 25.7 Å². The zero-order chi connectivity index (χ0) is 14.8. The molecule has 0 aromatic carbocycles. The number of nitrogens with one attached hydrogen (secondary N) is 1. The molecule has 2 aromatic heterocycles. The van der Waals surface area contributed by atoms with Gasteiger partial charge in [0.05, 0.1) is 12.2 Å². The third-order valence-electron chi connectivity index (χ3n) is 2.59. The first kappa shape index (κ1) is 14.6. The van der Waals surface area contributed by atoms with Crippen LogP contribution in [0.4, 0.5) is 11.1 Å². The quantitative estimate of drug-likeness (QED) is 0.932. The van der Waals surface area contributed by atoms with Gasteiger partial charge in [0.25, 0.3) is 0 Å². The van der Waals surface area contributed by atoms with E-state index in [1.165, 1.54) is 0 Å². The second-order valence-electron chi connectivity index (χ2n) is 5.76. The molecule has 0 amide bonds. The van der Waals surface area contributed by atoms with E-state index < -0.39 is 0 Å². The largest absolute Gasteiger partial charge is 0.354 e. The third-order valence-corrected chi connectivity index (χ3v) is 3.89. The van der Waals surface area contributed by atoms with Gasteiger partial charge in [0.15, 0.2) is 0 Å². The van der Waals surface area contributed by atoms with Crippen LogP contribution in [-0.4, -0.2) is 34.3 Å². The van der Waals surface area contributed by atoms with Crippen LogP contribution in [0.3, 0.4) is 0 Å². The Hall–Kier alpha value is -1.76. The fourth-order valence-electron chi connectivity index (χ4n) is 1.46. The molecular formula is C13H20N6S. The minimum atomic E-state index is 0.0323. The predicted octanol–water partition coefficient (Wildman–Crippen LogP) is 2.30. The third kappa shape index (κ3) is 3.63. The molecule has 0 aliphatic rings. The van der Waals surface area contributed by atoms with Crippen molar-refractivity contribution >= 4 is 22.4 Å². The number of anilines is 2. The summed E-state index contributed by atoms with van der Waals surface area (Å²) >= 11 is 1.58. The molecular weight excluding hydrogens is 272 g/mol. The molecule has 7 heteroatoms. The minimum Gasteiger partial charge on any atom is -0.354 e. The summed E-state index contributed by atoms with van der Waals surface area (Å²) in [4.78, 5) is 10.5. The van der Waals surface area contributed by atoms with Gasteiger partial charge in [-0.25, -0.2) is 9.97 Å². The van der Waals surface area contributed by atoms with Crippen molar-refractivity contribution in [1.29, 1.82) is 0 Å². The van der Waals surface area contributed by atoms with Crippen molar-refractivity contribution in [2.24, 2.45) is 0 Å². The number of nitrogens with zero attached hydrogens (tertiary/aromatic N) is 5. The molecule has 0 saturated heterocycles. The highest BCUT2D eigenvalue weighted by Crippen LogP contribution is 2.27. The Bertz CT molecular complexity index is 572. The smallest absolute Gasteiger partial charge is 0.225 e. The normalized spacial score (nSPS) is 11.4. The summed E-state index contributed by atoms with van der Waals surface area (Å²) in [6, 6.07) is 1.89. The van der Waals surface area contributed by atoms with Crippen LogP contribution in [0.15, 0.2) is 12.3 Å². The molecule has 1 N–H and O–H groups in total. The Kier molecular flexibility index (Phi) is 4.17. The van der Waals surface area contributed by atoms with E-state index in [9.17, 15) is 0 Å². The molecule has 0 bridgehead atoms. The molecule has 0 aliphatic carbocycles. The summed E-state index contributed by atoms with van der Waals surface area (Å²) in [7, 11) is 3.85. The molecule has 6 nitrogen and oxygen atoms in total. The molecule has 0 radical (unpaired) electrons. The summed E-state index contributed by atoms with van der Waals surface area (Å²) < 4.78 is 0. The average molecular weight is 292 g/mol. The highest BCUT2D eigenvalue weighted by Gasteiger charge is 2.19.